The number of phenols is 1. The number of aromatic hydroxyl groups is 1. The summed E-state index contributed by atoms with van der Waals surface area (Å²) in [6.45, 7) is 0. The van der Waals surface area contributed by atoms with Crippen LogP contribution in [-0.2, 0) is 4.79 Å². The number of halogens is 9. The molecule has 140 valence electrons. The first kappa shape index (κ1) is 20.3. The standard InChI is InChI=1S/C14H4BrClF7NO2/c15-14(22,23)13(26)24-5-1-3(4(16)2-6(5)25)7-8(17)10(19)12(21)11(20)9(7)18/h1-2,25H,(H,24,26). The van der Waals surface area contributed by atoms with Crippen molar-refractivity contribution >= 4 is 39.1 Å². The van der Waals surface area contributed by atoms with Crippen molar-refractivity contribution in [3.8, 4) is 16.9 Å². The molecule has 0 aliphatic heterocycles. The lowest BCUT2D eigenvalue weighted by atomic mass is 10.0. The van der Waals surface area contributed by atoms with Gasteiger partial charge in [0.15, 0.2) is 23.3 Å². The molecule has 12 heteroatoms. The summed E-state index contributed by atoms with van der Waals surface area (Å²) in [6, 6.07) is 1.05. The van der Waals surface area contributed by atoms with Gasteiger partial charge < -0.3 is 10.4 Å². The minimum Gasteiger partial charge on any atom is -0.506 e. The third-order valence-corrected chi connectivity index (χ3v) is 3.74. The van der Waals surface area contributed by atoms with Crippen LogP contribution in [0.15, 0.2) is 12.1 Å². The van der Waals surface area contributed by atoms with E-state index in [4.69, 9.17) is 11.6 Å². The Kier molecular flexibility index (Phi) is 5.43. The van der Waals surface area contributed by atoms with Crippen LogP contribution in [0, 0.1) is 29.1 Å². The van der Waals surface area contributed by atoms with Crippen molar-refractivity contribution in [3.63, 3.8) is 0 Å². The number of anilines is 1. The minimum atomic E-state index is -4.07. The molecular weight excluding hydrogens is 463 g/mol. The topological polar surface area (TPSA) is 49.3 Å². The Labute approximate surface area is 153 Å². The highest BCUT2D eigenvalue weighted by molar-refractivity contribution is 9.10. The lowest BCUT2D eigenvalue weighted by Crippen LogP contribution is -2.28. The molecule has 0 fully saturated rings. The van der Waals surface area contributed by atoms with Crippen LogP contribution in [0.5, 0.6) is 5.75 Å². The third kappa shape index (κ3) is 3.58. The van der Waals surface area contributed by atoms with E-state index in [0.717, 1.165) is 0 Å². The van der Waals surface area contributed by atoms with Crippen molar-refractivity contribution in [1.82, 2.24) is 0 Å². The molecule has 0 unspecified atom stereocenters. The minimum absolute atomic E-state index is 0.479. The summed E-state index contributed by atoms with van der Waals surface area (Å²) in [4.78, 5) is 7.17. The number of amides is 1. The first-order valence-electron chi connectivity index (χ1n) is 6.28. The van der Waals surface area contributed by atoms with E-state index in [2.05, 4.69) is 0 Å². The van der Waals surface area contributed by atoms with Gasteiger partial charge in [0.1, 0.15) is 5.75 Å². The third-order valence-electron chi connectivity index (χ3n) is 3.07. The molecule has 0 heterocycles. The summed E-state index contributed by atoms with van der Waals surface area (Å²) in [6.07, 6.45) is 0. The quantitative estimate of drug-likeness (QED) is 0.211. The van der Waals surface area contributed by atoms with E-state index in [1.165, 1.54) is 5.32 Å². The Balaban J connectivity index is 2.70. The highest BCUT2D eigenvalue weighted by atomic mass is 79.9. The number of nitrogens with one attached hydrogen (secondary N) is 1. The zero-order chi connectivity index (χ0) is 20.0. The second-order valence-corrected chi connectivity index (χ2v) is 6.15. The number of rotatable bonds is 3. The van der Waals surface area contributed by atoms with Gasteiger partial charge in [-0.05, 0) is 6.07 Å². The van der Waals surface area contributed by atoms with Crippen LogP contribution in [0.2, 0.25) is 5.02 Å². The molecule has 0 aliphatic carbocycles. The molecule has 2 aromatic rings. The molecule has 2 N–H and O–H groups in total. The van der Waals surface area contributed by atoms with E-state index in [-0.39, 0.29) is 0 Å². The summed E-state index contributed by atoms with van der Waals surface area (Å²) in [5.41, 5.74) is -3.12. The van der Waals surface area contributed by atoms with Gasteiger partial charge in [-0.1, -0.05) is 11.6 Å². The highest BCUT2D eigenvalue weighted by Crippen LogP contribution is 2.40. The predicted molar refractivity (Wildman–Crippen MR) is 80.8 cm³/mol. The maximum Gasteiger partial charge on any atom is 0.378 e. The number of phenolic OH excluding ortho intramolecular Hbond substituents is 1. The number of hydrogen-bond donors (Lipinski definition) is 2. The Bertz CT molecular complexity index is 888. The number of carbonyl (C=O) groups is 1. The van der Waals surface area contributed by atoms with Crippen molar-refractivity contribution in [2.24, 2.45) is 0 Å². The zero-order valence-electron chi connectivity index (χ0n) is 11.9. The van der Waals surface area contributed by atoms with E-state index in [1.54, 1.807) is 15.9 Å². The molecule has 0 spiro atoms. The Hall–Kier alpha value is -2.01. The molecule has 1 amide bonds. The van der Waals surface area contributed by atoms with Crippen LogP contribution in [0.1, 0.15) is 0 Å². The van der Waals surface area contributed by atoms with Gasteiger partial charge in [0.25, 0.3) is 0 Å². The molecular formula is C14H4BrClF7NO2. The molecule has 0 bridgehead atoms. The molecule has 0 aromatic heterocycles. The first-order valence-corrected chi connectivity index (χ1v) is 7.45. The molecule has 2 rings (SSSR count). The Morgan fingerprint density at radius 3 is 1.92 bits per heavy atom. The van der Waals surface area contributed by atoms with Gasteiger partial charge in [0, 0.05) is 27.6 Å². The predicted octanol–water partition coefficient (Wildman–Crippen LogP) is 5.33. The number of hydrogen-bond acceptors (Lipinski definition) is 2. The molecule has 0 atom stereocenters. The van der Waals surface area contributed by atoms with E-state index in [9.17, 15) is 40.6 Å². The highest BCUT2D eigenvalue weighted by Gasteiger charge is 2.36. The van der Waals surface area contributed by atoms with Gasteiger partial charge in [0.2, 0.25) is 5.82 Å². The fraction of sp³-hybridized carbons (Fsp3) is 0.0714. The van der Waals surface area contributed by atoms with E-state index < -0.39 is 67.4 Å². The number of alkyl halides is 3. The van der Waals surface area contributed by atoms with Gasteiger partial charge in [-0.2, -0.15) is 8.78 Å². The number of benzene rings is 2. The van der Waals surface area contributed by atoms with E-state index >= 15 is 0 Å². The van der Waals surface area contributed by atoms with Crippen molar-refractivity contribution < 1.29 is 40.6 Å². The second kappa shape index (κ2) is 6.95. The Morgan fingerprint density at radius 2 is 1.46 bits per heavy atom. The van der Waals surface area contributed by atoms with Crippen LogP contribution in [0.3, 0.4) is 0 Å². The summed E-state index contributed by atoms with van der Waals surface area (Å²) < 4.78 is 93.3. The van der Waals surface area contributed by atoms with Gasteiger partial charge in [-0.25, -0.2) is 22.0 Å². The Morgan fingerprint density at radius 1 is 1.00 bits per heavy atom. The average Bonchev–Trinajstić information content (AvgIpc) is 2.54. The summed E-state index contributed by atoms with van der Waals surface area (Å²) in [5, 5.41) is 10.5. The van der Waals surface area contributed by atoms with Gasteiger partial charge in [-0.15, -0.1) is 0 Å². The first-order chi connectivity index (χ1) is 11.9. The molecule has 0 radical (unpaired) electrons. The maximum absolute atomic E-state index is 13.9. The van der Waals surface area contributed by atoms with Gasteiger partial charge in [0.05, 0.1) is 16.3 Å². The molecule has 0 aliphatic rings. The molecule has 2 aromatic carbocycles. The van der Waals surface area contributed by atoms with Gasteiger partial charge >= 0.3 is 10.7 Å². The summed E-state index contributed by atoms with van der Waals surface area (Å²) in [7, 11) is 0. The number of carbonyl (C=O) groups excluding carboxylic acids is 1. The fourth-order valence-corrected chi connectivity index (χ4v) is 2.24. The van der Waals surface area contributed by atoms with Crippen LogP contribution in [0.25, 0.3) is 11.1 Å². The molecule has 0 saturated carbocycles. The largest absolute Gasteiger partial charge is 0.506 e. The summed E-state index contributed by atoms with van der Waals surface area (Å²) in [5.74, 6) is -14.3. The van der Waals surface area contributed by atoms with Crippen molar-refractivity contribution in [2.75, 3.05) is 5.32 Å². The van der Waals surface area contributed by atoms with Crippen molar-refractivity contribution in [2.45, 2.75) is 4.83 Å². The maximum atomic E-state index is 13.9. The van der Waals surface area contributed by atoms with Crippen LogP contribution >= 0.6 is 27.5 Å². The summed E-state index contributed by atoms with van der Waals surface area (Å²) >= 11 is 7.39. The smallest absolute Gasteiger partial charge is 0.378 e. The molecule has 26 heavy (non-hydrogen) atoms. The lowest BCUT2D eigenvalue weighted by molar-refractivity contribution is -0.128. The zero-order valence-corrected chi connectivity index (χ0v) is 14.3. The molecule has 3 nitrogen and oxygen atoms in total. The van der Waals surface area contributed by atoms with Crippen molar-refractivity contribution in [1.29, 1.82) is 0 Å². The normalized spacial score (nSPS) is 11.6. The monoisotopic (exact) mass is 465 g/mol. The van der Waals surface area contributed by atoms with Crippen LogP contribution in [-0.4, -0.2) is 15.8 Å². The average molecular weight is 467 g/mol. The SMILES string of the molecule is O=C(Nc1cc(-c2c(F)c(F)c(F)c(F)c2F)c(Cl)cc1O)C(F)(F)Br. The molecule has 0 saturated heterocycles. The van der Waals surface area contributed by atoms with Gasteiger partial charge in [-0.3, -0.25) is 4.79 Å². The fourth-order valence-electron chi connectivity index (χ4n) is 1.89. The van der Waals surface area contributed by atoms with E-state index in [1.807, 2.05) is 0 Å². The van der Waals surface area contributed by atoms with E-state index in [0.29, 0.717) is 12.1 Å². The lowest BCUT2D eigenvalue weighted by Gasteiger charge is -2.15. The van der Waals surface area contributed by atoms with Crippen molar-refractivity contribution in [3.05, 3.63) is 46.2 Å². The second-order valence-electron chi connectivity index (χ2n) is 4.75. The van der Waals surface area contributed by atoms with Crippen LogP contribution < -0.4 is 5.32 Å². The van der Waals surface area contributed by atoms with Crippen LogP contribution in [0.4, 0.5) is 36.4 Å².